The molecule has 0 saturated heterocycles. The van der Waals surface area contributed by atoms with Gasteiger partial charge in [-0.2, -0.15) is 4.39 Å². The first-order chi connectivity index (χ1) is 4.20. The van der Waals surface area contributed by atoms with Crippen LogP contribution in [0.1, 0.15) is 11.3 Å². The summed E-state index contributed by atoms with van der Waals surface area (Å²) >= 11 is 0. The second-order valence-corrected chi connectivity index (χ2v) is 2.06. The predicted octanol–water partition coefficient (Wildman–Crippen LogP) is 1.84. The molecule has 0 N–H and O–H groups in total. The molecule has 0 radical (unpaired) electrons. The topological polar surface area (TPSA) is 12.9 Å². The van der Waals surface area contributed by atoms with Gasteiger partial charge in [-0.3, -0.25) is 0 Å². The number of aryl methyl sites for hydroxylation is 2. The molecule has 0 atom stereocenters. The Morgan fingerprint density at radius 1 is 1.33 bits per heavy atom. The maximum Gasteiger partial charge on any atom is 0.215 e. The van der Waals surface area contributed by atoms with Crippen molar-refractivity contribution in [3.63, 3.8) is 0 Å². The predicted molar refractivity (Wildman–Crippen MR) is 33.7 cm³/mol. The molecule has 0 fully saturated rings. The summed E-state index contributed by atoms with van der Waals surface area (Å²) in [4.78, 5) is 3.61. The number of pyridine rings is 1. The van der Waals surface area contributed by atoms with E-state index in [4.69, 9.17) is 0 Å². The molecule has 0 spiro atoms. The molecule has 1 heterocycles. The Labute approximate surface area is 53.5 Å². The second kappa shape index (κ2) is 2.13. The van der Waals surface area contributed by atoms with Gasteiger partial charge in [-0.05, 0) is 19.9 Å². The van der Waals surface area contributed by atoms with Gasteiger partial charge in [0.2, 0.25) is 5.95 Å². The van der Waals surface area contributed by atoms with Crippen molar-refractivity contribution in [2.45, 2.75) is 13.8 Å². The number of halogens is 1. The Morgan fingerprint density at radius 3 is 2.44 bits per heavy atom. The van der Waals surface area contributed by atoms with Gasteiger partial charge < -0.3 is 0 Å². The Balaban J connectivity index is 3.17. The number of hydrogen-bond acceptors (Lipinski definition) is 1. The molecule has 0 aliphatic heterocycles. The fourth-order valence-electron chi connectivity index (χ4n) is 0.595. The lowest BCUT2D eigenvalue weighted by atomic mass is 10.3. The van der Waals surface area contributed by atoms with Gasteiger partial charge in [-0.25, -0.2) is 4.98 Å². The summed E-state index contributed by atoms with van der Waals surface area (Å²) in [5.74, 6) is -0.366. The van der Waals surface area contributed by atoms with Crippen LogP contribution >= 0.6 is 0 Å². The maximum absolute atomic E-state index is 12.5. The summed E-state index contributed by atoms with van der Waals surface area (Å²) in [6.45, 7) is 3.46. The van der Waals surface area contributed by atoms with Crippen LogP contribution < -0.4 is 0 Å². The van der Waals surface area contributed by atoms with Crippen LogP contribution in [0.15, 0.2) is 12.1 Å². The van der Waals surface area contributed by atoms with Gasteiger partial charge in [0.1, 0.15) is 0 Å². The van der Waals surface area contributed by atoms with E-state index in [0.717, 1.165) is 5.69 Å². The van der Waals surface area contributed by atoms with E-state index in [-0.39, 0.29) is 5.95 Å². The van der Waals surface area contributed by atoms with E-state index in [1.165, 1.54) is 0 Å². The minimum absolute atomic E-state index is 0.366. The van der Waals surface area contributed by atoms with Gasteiger partial charge in [0.05, 0.1) is 0 Å². The normalized spacial score (nSPS) is 9.67. The zero-order valence-electron chi connectivity index (χ0n) is 5.48. The highest BCUT2D eigenvalue weighted by atomic mass is 19.1. The van der Waals surface area contributed by atoms with Crippen molar-refractivity contribution >= 4 is 0 Å². The van der Waals surface area contributed by atoms with E-state index < -0.39 is 0 Å². The standard InChI is InChI=1S/C7H8FN/c1-5-3-4-6(2)9-7(5)8/h3-4H,1-2H3. The Bertz CT molecular complexity index is 220. The number of hydrogen-bond donors (Lipinski definition) is 0. The summed E-state index contributed by atoms with van der Waals surface area (Å²) in [5, 5.41) is 0. The Morgan fingerprint density at radius 2 is 2.00 bits per heavy atom. The third kappa shape index (κ3) is 1.25. The molecule has 48 valence electrons. The SMILES string of the molecule is Cc1ccc(C)c(F)n1. The van der Waals surface area contributed by atoms with Gasteiger partial charge in [0.15, 0.2) is 0 Å². The lowest BCUT2D eigenvalue weighted by Crippen LogP contribution is -1.88. The van der Waals surface area contributed by atoms with Crippen molar-refractivity contribution in [1.29, 1.82) is 0 Å². The largest absolute Gasteiger partial charge is 0.225 e. The van der Waals surface area contributed by atoms with Crippen LogP contribution in [0.25, 0.3) is 0 Å². The second-order valence-electron chi connectivity index (χ2n) is 2.06. The van der Waals surface area contributed by atoms with E-state index in [0.29, 0.717) is 5.56 Å². The van der Waals surface area contributed by atoms with Crippen LogP contribution in [0.4, 0.5) is 4.39 Å². The first-order valence-corrected chi connectivity index (χ1v) is 2.80. The van der Waals surface area contributed by atoms with Gasteiger partial charge in [0.25, 0.3) is 0 Å². The van der Waals surface area contributed by atoms with Crippen molar-refractivity contribution in [2.24, 2.45) is 0 Å². The third-order valence-electron chi connectivity index (χ3n) is 1.17. The van der Waals surface area contributed by atoms with Crippen LogP contribution in [0.3, 0.4) is 0 Å². The van der Waals surface area contributed by atoms with Gasteiger partial charge in [0, 0.05) is 11.3 Å². The van der Waals surface area contributed by atoms with Crippen molar-refractivity contribution in [3.8, 4) is 0 Å². The van der Waals surface area contributed by atoms with E-state index >= 15 is 0 Å². The Kier molecular flexibility index (Phi) is 1.47. The molecular formula is C7H8FN. The van der Waals surface area contributed by atoms with Crippen molar-refractivity contribution < 1.29 is 4.39 Å². The number of aromatic nitrogens is 1. The van der Waals surface area contributed by atoms with E-state index in [2.05, 4.69) is 4.98 Å². The molecule has 0 amide bonds. The zero-order valence-corrected chi connectivity index (χ0v) is 5.48. The molecule has 1 rings (SSSR count). The lowest BCUT2D eigenvalue weighted by Gasteiger charge is -1.93. The first kappa shape index (κ1) is 6.20. The average molecular weight is 125 g/mol. The smallest absolute Gasteiger partial charge is 0.215 e. The third-order valence-corrected chi connectivity index (χ3v) is 1.17. The van der Waals surface area contributed by atoms with E-state index in [1.54, 1.807) is 26.0 Å². The highest BCUT2D eigenvalue weighted by molar-refractivity contribution is 5.12. The molecule has 2 heteroatoms. The maximum atomic E-state index is 12.5. The average Bonchev–Trinajstić information content (AvgIpc) is 1.80. The molecule has 0 saturated carbocycles. The minimum Gasteiger partial charge on any atom is -0.225 e. The molecule has 1 aromatic heterocycles. The van der Waals surface area contributed by atoms with Gasteiger partial charge >= 0.3 is 0 Å². The van der Waals surface area contributed by atoms with E-state index in [9.17, 15) is 4.39 Å². The summed E-state index contributed by atoms with van der Waals surface area (Å²) in [6, 6.07) is 3.51. The lowest BCUT2D eigenvalue weighted by molar-refractivity contribution is 0.571. The van der Waals surface area contributed by atoms with Crippen LogP contribution in [0, 0.1) is 19.8 Å². The molecule has 0 aliphatic rings. The van der Waals surface area contributed by atoms with Crippen molar-refractivity contribution in [1.82, 2.24) is 4.98 Å². The number of rotatable bonds is 0. The van der Waals surface area contributed by atoms with E-state index in [1.807, 2.05) is 0 Å². The number of nitrogens with zero attached hydrogens (tertiary/aromatic N) is 1. The molecule has 0 unspecified atom stereocenters. The van der Waals surface area contributed by atoms with Gasteiger partial charge in [-0.1, -0.05) is 6.07 Å². The highest BCUT2D eigenvalue weighted by Gasteiger charge is 1.95. The monoisotopic (exact) mass is 125 g/mol. The summed E-state index contributed by atoms with van der Waals surface area (Å²) in [7, 11) is 0. The van der Waals surface area contributed by atoms with Crippen LogP contribution in [-0.4, -0.2) is 4.98 Å². The van der Waals surface area contributed by atoms with Crippen molar-refractivity contribution in [3.05, 3.63) is 29.3 Å². The van der Waals surface area contributed by atoms with Gasteiger partial charge in [-0.15, -0.1) is 0 Å². The van der Waals surface area contributed by atoms with Crippen LogP contribution in [0.5, 0.6) is 0 Å². The molecule has 0 aromatic carbocycles. The summed E-state index contributed by atoms with van der Waals surface area (Å²) in [5.41, 5.74) is 1.32. The fraction of sp³-hybridized carbons (Fsp3) is 0.286. The molecule has 9 heavy (non-hydrogen) atoms. The van der Waals surface area contributed by atoms with Crippen molar-refractivity contribution in [2.75, 3.05) is 0 Å². The molecule has 1 nitrogen and oxygen atoms in total. The molecular weight excluding hydrogens is 117 g/mol. The summed E-state index contributed by atoms with van der Waals surface area (Å²) in [6.07, 6.45) is 0. The van der Waals surface area contributed by atoms with Crippen LogP contribution in [-0.2, 0) is 0 Å². The fourth-order valence-corrected chi connectivity index (χ4v) is 0.595. The highest BCUT2D eigenvalue weighted by Crippen LogP contribution is 2.02. The first-order valence-electron chi connectivity index (χ1n) is 2.80. The quantitative estimate of drug-likeness (QED) is 0.482. The molecule has 0 aliphatic carbocycles. The van der Waals surface area contributed by atoms with Crippen LogP contribution in [0.2, 0.25) is 0 Å². The molecule has 0 bridgehead atoms. The summed E-state index contributed by atoms with van der Waals surface area (Å²) < 4.78 is 12.5. The molecule has 1 aromatic rings. The minimum atomic E-state index is -0.366. The zero-order chi connectivity index (χ0) is 6.85. The Hall–Kier alpha value is -0.920.